The maximum atomic E-state index is 5.25. The average Bonchev–Trinajstić information content (AvgIpc) is 2.46. The van der Waals surface area contributed by atoms with Crippen LogP contribution in [-0.2, 0) is 0 Å². The SMILES string of the molecule is CCNCCN(C)c1ccc2cc(OC)ccc2c1. The van der Waals surface area contributed by atoms with Crippen LogP contribution in [0.2, 0.25) is 0 Å². The molecule has 0 aliphatic heterocycles. The molecule has 0 bridgehead atoms. The summed E-state index contributed by atoms with van der Waals surface area (Å²) in [7, 11) is 3.83. The summed E-state index contributed by atoms with van der Waals surface area (Å²) < 4.78 is 5.25. The van der Waals surface area contributed by atoms with Gasteiger partial charge in [-0.05, 0) is 41.6 Å². The molecule has 0 aromatic heterocycles. The number of ether oxygens (including phenoxy) is 1. The number of nitrogens with zero attached hydrogens (tertiary/aromatic N) is 1. The molecule has 0 aliphatic rings. The average molecular weight is 258 g/mol. The lowest BCUT2D eigenvalue weighted by Gasteiger charge is -2.20. The molecule has 3 heteroatoms. The summed E-state index contributed by atoms with van der Waals surface area (Å²) in [4.78, 5) is 2.27. The van der Waals surface area contributed by atoms with Crippen LogP contribution in [-0.4, -0.2) is 33.8 Å². The fraction of sp³-hybridized carbons (Fsp3) is 0.375. The van der Waals surface area contributed by atoms with Crippen molar-refractivity contribution in [3.05, 3.63) is 36.4 Å². The molecule has 0 unspecified atom stereocenters. The molecule has 0 spiro atoms. The molecule has 2 aromatic rings. The predicted molar refractivity (Wildman–Crippen MR) is 82.3 cm³/mol. The molecule has 0 atom stereocenters. The molecule has 0 aliphatic carbocycles. The van der Waals surface area contributed by atoms with Crippen LogP contribution < -0.4 is 15.0 Å². The fourth-order valence-corrected chi connectivity index (χ4v) is 2.13. The summed E-state index contributed by atoms with van der Waals surface area (Å²) in [6.07, 6.45) is 0. The first-order valence-corrected chi connectivity index (χ1v) is 6.74. The summed E-state index contributed by atoms with van der Waals surface area (Å²) in [5.41, 5.74) is 1.25. The van der Waals surface area contributed by atoms with E-state index in [-0.39, 0.29) is 0 Å². The van der Waals surface area contributed by atoms with E-state index in [9.17, 15) is 0 Å². The van der Waals surface area contributed by atoms with Crippen LogP contribution in [0.1, 0.15) is 6.92 Å². The Morgan fingerprint density at radius 3 is 2.58 bits per heavy atom. The van der Waals surface area contributed by atoms with Crippen LogP contribution >= 0.6 is 0 Å². The highest BCUT2D eigenvalue weighted by atomic mass is 16.5. The lowest BCUT2D eigenvalue weighted by atomic mass is 10.1. The van der Waals surface area contributed by atoms with E-state index in [1.807, 2.05) is 6.07 Å². The van der Waals surface area contributed by atoms with E-state index in [0.717, 1.165) is 25.4 Å². The Labute approximate surface area is 115 Å². The second kappa shape index (κ2) is 6.43. The van der Waals surface area contributed by atoms with Crippen LogP contribution in [0.3, 0.4) is 0 Å². The number of methoxy groups -OCH3 is 1. The van der Waals surface area contributed by atoms with Crippen molar-refractivity contribution in [3.8, 4) is 5.75 Å². The third-order valence-electron chi connectivity index (χ3n) is 3.35. The van der Waals surface area contributed by atoms with Gasteiger partial charge < -0.3 is 15.0 Å². The molecule has 2 aromatic carbocycles. The fourth-order valence-electron chi connectivity index (χ4n) is 2.13. The van der Waals surface area contributed by atoms with Crippen LogP contribution in [0.25, 0.3) is 10.8 Å². The molecule has 0 fully saturated rings. The molecule has 102 valence electrons. The first-order valence-electron chi connectivity index (χ1n) is 6.74. The van der Waals surface area contributed by atoms with E-state index in [4.69, 9.17) is 4.74 Å². The van der Waals surface area contributed by atoms with Crippen LogP contribution in [0.5, 0.6) is 5.75 Å². The second-order valence-electron chi connectivity index (χ2n) is 4.67. The molecule has 1 N–H and O–H groups in total. The van der Waals surface area contributed by atoms with E-state index in [1.54, 1.807) is 7.11 Å². The van der Waals surface area contributed by atoms with E-state index in [0.29, 0.717) is 0 Å². The number of fused-ring (bicyclic) bond motifs is 1. The van der Waals surface area contributed by atoms with Gasteiger partial charge in [-0.3, -0.25) is 0 Å². The Morgan fingerprint density at radius 1 is 1.11 bits per heavy atom. The van der Waals surface area contributed by atoms with Gasteiger partial charge in [-0.15, -0.1) is 0 Å². The lowest BCUT2D eigenvalue weighted by Crippen LogP contribution is -2.28. The van der Waals surface area contributed by atoms with Gasteiger partial charge >= 0.3 is 0 Å². The Morgan fingerprint density at radius 2 is 1.84 bits per heavy atom. The Hall–Kier alpha value is -1.74. The van der Waals surface area contributed by atoms with Gasteiger partial charge in [-0.2, -0.15) is 0 Å². The first-order chi connectivity index (χ1) is 9.24. The molecule has 2 rings (SSSR count). The van der Waals surface area contributed by atoms with E-state index in [2.05, 4.69) is 54.5 Å². The quantitative estimate of drug-likeness (QED) is 0.806. The monoisotopic (exact) mass is 258 g/mol. The zero-order valence-electron chi connectivity index (χ0n) is 11.9. The number of hydrogen-bond donors (Lipinski definition) is 1. The molecule has 0 heterocycles. The molecular formula is C16H22N2O. The summed E-state index contributed by atoms with van der Waals surface area (Å²) in [5.74, 6) is 0.903. The van der Waals surface area contributed by atoms with Gasteiger partial charge in [0, 0.05) is 25.8 Å². The van der Waals surface area contributed by atoms with Crippen molar-refractivity contribution in [2.75, 3.05) is 38.7 Å². The van der Waals surface area contributed by atoms with Gasteiger partial charge in [0.2, 0.25) is 0 Å². The highest BCUT2D eigenvalue weighted by Crippen LogP contribution is 2.25. The van der Waals surface area contributed by atoms with Gasteiger partial charge in [0.15, 0.2) is 0 Å². The third kappa shape index (κ3) is 3.38. The summed E-state index contributed by atoms with van der Waals surface area (Å²) >= 11 is 0. The number of anilines is 1. The third-order valence-corrected chi connectivity index (χ3v) is 3.35. The minimum Gasteiger partial charge on any atom is -0.497 e. The van der Waals surface area contributed by atoms with Crippen LogP contribution in [0.15, 0.2) is 36.4 Å². The predicted octanol–water partition coefficient (Wildman–Crippen LogP) is 2.89. The zero-order valence-corrected chi connectivity index (χ0v) is 11.9. The van der Waals surface area contributed by atoms with Gasteiger partial charge in [-0.1, -0.05) is 19.1 Å². The lowest BCUT2D eigenvalue weighted by molar-refractivity contribution is 0.415. The summed E-state index contributed by atoms with van der Waals surface area (Å²) in [5, 5.41) is 5.80. The van der Waals surface area contributed by atoms with E-state index < -0.39 is 0 Å². The molecular weight excluding hydrogens is 236 g/mol. The van der Waals surface area contributed by atoms with Crippen LogP contribution in [0, 0.1) is 0 Å². The molecule has 0 radical (unpaired) electrons. The van der Waals surface area contributed by atoms with Gasteiger partial charge in [0.25, 0.3) is 0 Å². The van der Waals surface area contributed by atoms with Crippen LogP contribution in [0.4, 0.5) is 5.69 Å². The highest BCUT2D eigenvalue weighted by molar-refractivity contribution is 5.87. The number of nitrogens with one attached hydrogen (secondary N) is 1. The first kappa shape index (κ1) is 13.7. The van der Waals surface area contributed by atoms with Gasteiger partial charge in [0.1, 0.15) is 5.75 Å². The molecule has 0 saturated carbocycles. The summed E-state index contributed by atoms with van der Waals surface area (Å²) in [6, 6.07) is 12.7. The smallest absolute Gasteiger partial charge is 0.119 e. The van der Waals surface area contributed by atoms with Crippen molar-refractivity contribution in [2.24, 2.45) is 0 Å². The molecule has 0 amide bonds. The Kier molecular flexibility index (Phi) is 4.63. The van der Waals surface area contributed by atoms with Gasteiger partial charge in [0.05, 0.1) is 7.11 Å². The Balaban J connectivity index is 2.16. The van der Waals surface area contributed by atoms with Crippen molar-refractivity contribution in [3.63, 3.8) is 0 Å². The maximum absolute atomic E-state index is 5.25. The topological polar surface area (TPSA) is 24.5 Å². The number of likely N-dealkylation sites (N-methyl/N-ethyl adjacent to an activating group) is 2. The maximum Gasteiger partial charge on any atom is 0.119 e. The normalized spacial score (nSPS) is 10.7. The van der Waals surface area contributed by atoms with Crippen molar-refractivity contribution >= 4 is 16.5 Å². The standard InChI is InChI=1S/C16H22N2O/c1-4-17-9-10-18(2)15-7-5-14-12-16(19-3)8-6-13(14)11-15/h5-8,11-12,17H,4,9-10H2,1-3H3. The minimum atomic E-state index is 0.903. The van der Waals surface area contributed by atoms with Crippen molar-refractivity contribution in [1.29, 1.82) is 0 Å². The second-order valence-corrected chi connectivity index (χ2v) is 4.67. The van der Waals surface area contributed by atoms with Crippen molar-refractivity contribution in [2.45, 2.75) is 6.92 Å². The molecule has 0 saturated heterocycles. The molecule has 3 nitrogen and oxygen atoms in total. The summed E-state index contributed by atoms with van der Waals surface area (Å²) in [6.45, 7) is 5.16. The number of rotatable bonds is 6. The number of hydrogen-bond acceptors (Lipinski definition) is 3. The van der Waals surface area contributed by atoms with Crippen molar-refractivity contribution in [1.82, 2.24) is 5.32 Å². The van der Waals surface area contributed by atoms with E-state index >= 15 is 0 Å². The van der Waals surface area contributed by atoms with E-state index in [1.165, 1.54) is 16.5 Å². The highest BCUT2D eigenvalue weighted by Gasteiger charge is 2.02. The zero-order chi connectivity index (χ0) is 13.7. The van der Waals surface area contributed by atoms with Crippen molar-refractivity contribution < 1.29 is 4.74 Å². The Bertz CT molecular complexity index is 539. The minimum absolute atomic E-state index is 0.903. The number of benzene rings is 2. The largest absolute Gasteiger partial charge is 0.497 e. The van der Waals surface area contributed by atoms with Gasteiger partial charge in [-0.25, -0.2) is 0 Å². The molecule has 19 heavy (non-hydrogen) atoms.